The number of amides is 4. The summed E-state index contributed by atoms with van der Waals surface area (Å²) in [7, 11) is 0. The van der Waals surface area contributed by atoms with Crippen LogP contribution >= 0.6 is 27.0 Å². The summed E-state index contributed by atoms with van der Waals surface area (Å²) in [6.07, 6.45) is 0.305. The maximum absolute atomic E-state index is 12.1. The van der Waals surface area contributed by atoms with Crippen LogP contribution in [-0.4, -0.2) is 69.7 Å². The number of unbranched alkanes of at least 4 members (excludes halogenated alkanes) is 1. The van der Waals surface area contributed by atoms with Crippen molar-refractivity contribution in [2.45, 2.75) is 77.9 Å². The third-order valence-corrected chi connectivity index (χ3v) is 5.74. The molecule has 0 unspecified atom stereocenters. The lowest BCUT2D eigenvalue weighted by Gasteiger charge is -2.18. The summed E-state index contributed by atoms with van der Waals surface area (Å²) in [5, 5.41) is 36.7. The van der Waals surface area contributed by atoms with Gasteiger partial charge >= 0.3 is 30.0 Å². The fourth-order valence-corrected chi connectivity index (χ4v) is 3.29. The number of carbonyl (C=O) groups is 6. The maximum atomic E-state index is 12.1. The topological polar surface area (TPSA) is 211 Å². The number of nitrogens with one attached hydrogen (secondary N) is 4. The molecule has 1 aromatic carbocycles. The lowest BCUT2D eigenvalue weighted by molar-refractivity contribution is -0.140. The molecule has 0 aliphatic carbocycles. The monoisotopic (exact) mass is 618 g/mol. The van der Waals surface area contributed by atoms with Gasteiger partial charge in [0.05, 0.1) is 0 Å². The predicted molar refractivity (Wildman–Crippen MR) is 161 cm³/mol. The van der Waals surface area contributed by atoms with Crippen molar-refractivity contribution in [2.24, 2.45) is 5.41 Å². The van der Waals surface area contributed by atoms with E-state index in [2.05, 4.69) is 21.3 Å². The smallest absolute Gasteiger partial charge is 0.326 e. The molecule has 0 bridgehead atoms. The molecular weight excluding hydrogens is 576 g/mol. The van der Waals surface area contributed by atoms with Gasteiger partial charge in [0.15, 0.2) is 0 Å². The average molecular weight is 619 g/mol. The van der Waals surface area contributed by atoms with Gasteiger partial charge in [0.25, 0.3) is 0 Å². The maximum Gasteiger partial charge on any atom is 0.326 e. The van der Waals surface area contributed by atoms with Crippen molar-refractivity contribution in [1.82, 2.24) is 21.3 Å². The normalized spacial score (nSPS) is 11.9. The molecule has 0 heterocycles. The van der Waals surface area contributed by atoms with E-state index in [0.29, 0.717) is 19.3 Å². The molecule has 13 nitrogen and oxygen atoms in total. The fourth-order valence-electron chi connectivity index (χ4n) is 3.29. The second-order valence-electron chi connectivity index (χ2n) is 10.1. The summed E-state index contributed by atoms with van der Waals surface area (Å²) >= 11 is 0. The molecule has 232 valence electrons. The van der Waals surface area contributed by atoms with Gasteiger partial charge in [-0.2, -0.15) is 27.0 Å². The highest BCUT2D eigenvalue weighted by Gasteiger charge is 2.25. The number of carboxylic acids is 3. The first-order valence-corrected chi connectivity index (χ1v) is 12.6. The van der Waals surface area contributed by atoms with E-state index in [-0.39, 0.29) is 58.7 Å². The molecule has 0 fully saturated rings. The van der Waals surface area contributed by atoms with Crippen LogP contribution < -0.4 is 21.3 Å². The van der Waals surface area contributed by atoms with E-state index in [1.165, 1.54) is 0 Å². The van der Waals surface area contributed by atoms with Gasteiger partial charge in [-0.15, -0.1) is 0 Å². The standard InChI is InChI=1S/C26H38N4O9.2H2S/c1-26(2,3)20(31)14-16-7-9-17(10-8-16)15-28-24(38)27-13-5-4-6-18(22(34)35)29-25(39)30-19(23(36)37)11-12-21(32)33;;/h7-10,18-19H,4-6,11-15H2,1-3H3,(H,32,33)(H,34,35)(H,36,37)(H2,27,28,38)(H2,29,30,39);2*1H2/t18-,19-;;/m0../s1. The molecule has 0 radical (unpaired) electrons. The molecule has 7 N–H and O–H groups in total. The summed E-state index contributed by atoms with van der Waals surface area (Å²) in [5.41, 5.74) is 1.35. The van der Waals surface area contributed by atoms with E-state index in [1.54, 1.807) is 0 Å². The lowest BCUT2D eigenvalue weighted by atomic mass is 9.87. The molecule has 1 aromatic rings. The summed E-state index contributed by atoms with van der Waals surface area (Å²) in [4.78, 5) is 69.4. The molecule has 2 atom stereocenters. The molecule has 0 aliphatic heterocycles. The first-order chi connectivity index (χ1) is 18.2. The van der Waals surface area contributed by atoms with Crippen LogP contribution in [0.3, 0.4) is 0 Å². The van der Waals surface area contributed by atoms with Gasteiger partial charge in [-0.1, -0.05) is 45.0 Å². The SMILES string of the molecule is CC(C)(C)C(=O)Cc1ccc(CNC(=O)NCCCC[C@H](NC(=O)N[C@@H](CCC(=O)O)C(=O)O)C(=O)O)cc1.S.S. The van der Waals surface area contributed by atoms with E-state index in [4.69, 9.17) is 10.2 Å². The summed E-state index contributed by atoms with van der Waals surface area (Å²) in [6, 6.07) is 3.16. The molecule has 15 heteroatoms. The van der Waals surface area contributed by atoms with Gasteiger partial charge in [-0.25, -0.2) is 19.2 Å². The molecule has 1 rings (SSSR count). The number of benzene rings is 1. The number of carboxylic acid groups (broad SMARTS) is 3. The molecule has 0 saturated carbocycles. The molecule has 4 amide bonds. The van der Waals surface area contributed by atoms with E-state index in [0.717, 1.165) is 11.1 Å². The van der Waals surface area contributed by atoms with Crippen molar-refractivity contribution in [3.05, 3.63) is 35.4 Å². The second kappa shape index (κ2) is 19.6. The Balaban J connectivity index is 0. The molecule has 0 spiro atoms. The average Bonchev–Trinajstić information content (AvgIpc) is 2.84. The highest BCUT2D eigenvalue weighted by atomic mass is 32.1. The number of ketones is 1. The van der Waals surface area contributed by atoms with Gasteiger partial charge in [0, 0.05) is 31.3 Å². The molecule has 0 saturated heterocycles. The third-order valence-electron chi connectivity index (χ3n) is 5.74. The van der Waals surface area contributed by atoms with Crippen LogP contribution in [0.2, 0.25) is 0 Å². The van der Waals surface area contributed by atoms with Crippen molar-refractivity contribution < 1.29 is 44.1 Å². The van der Waals surface area contributed by atoms with Crippen LogP contribution in [0, 0.1) is 5.41 Å². The minimum atomic E-state index is -1.48. The van der Waals surface area contributed by atoms with Crippen molar-refractivity contribution in [3.8, 4) is 0 Å². The Morgan fingerprint density at radius 3 is 1.73 bits per heavy atom. The fraction of sp³-hybridized carbons (Fsp3) is 0.538. The zero-order chi connectivity index (χ0) is 29.6. The van der Waals surface area contributed by atoms with Crippen LogP contribution in [0.4, 0.5) is 9.59 Å². The van der Waals surface area contributed by atoms with Crippen LogP contribution in [0.5, 0.6) is 0 Å². The lowest BCUT2D eigenvalue weighted by Crippen LogP contribution is -2.51. The first-order valence-electron chi connectivity index (χ1n) is 12.6. The number of rotatable bonds is 16. The largest absolute Gasteiger partial charge is 0.481 e. The highest BCUT2D eigenvalue weighted by Crippen LogP contribution is 2.18. The van der Waals surface area contributed by atoms with Gasteiger partial charge in [-0.05, 0) is 36.8 Å². The van der Waals surface area contributed by atoms with Crippen LogP contribution in [0.25, 0.3) is 0 Å². The Hall–Kier alpha value is -3.46. The van der Waals surface area contributed by atoms with Gasteiger partial charge < -0.3 is 36.6 Å². The van der Waals surface area contributed by atoms with Gasteiger partial charge in [0.2, 0.25) is 0 Å². The van der Waals surface area contributed by atoms with E-state index >= 15 is 0 Å². The summed E-state index contributed by atoms with van der Waals surface area (Å²) < 4.78 is 0. The van der Waals surface area contributed by atoms with Crippen LogP contribution in [0.15, 0.2) is 24.3 Å². The Morgan fingerprint density at radius 2 is 1.24 bits per heavy atom. The molecule has 41 heavy (non-hydrogen) atoms. The van der Waals surface area contributed by atoms with E-state index < -0.39 is 53.9 Å². The Kier molecular flexibility index (Phi) is 19.0. The molecular formula is C26H42N4O9S2. The van der Waals surface area contributed by atoms with Crippen molar-refractivity contribution >= 4 is 62.7 Å². The number of carbonyl (C=O) groups excluding carboxylic acids is 3. The first kappa shape index (κ1) is 39.7. The molecule has 0 aliphatic rings. The van der Waals surface area contributed by atoms with Crippen molar-refractivity contribution in [3.63, 3.8) is 0 Å². The van der Waals surface area contributed by atoms with Crippen molar-refractivity contribution in [1.29, 1.82) is 0 Å². The zero-order valence-electron chi connectivity index (χ0n) is 23.4. The number of hydrogen-bond acceptors (Lipinski definition) is 6. The minimum Gasteiger partial charge on any atom is -0.481 e. The van der Waals surface area contributed by atoms with E-state index in [1.807, 2.05) is 45.0 Å². The number of Topliss-reactive ketones (excluding diaryl/α,β-unsaturated/α-hetero) is 1. The van der Waals surface area contributed by atoms with Crippen LogP contribution in [-0.2, 0) is 32.1 Å². The molecule has 0 aromatic heterocycles. The zero-order valence-corrected chi connectivity index (χ0v) is 25.4. The summed E-state index contributed by atoms with van der Waals surface area (Å²) in [5.74, 6) is -3.84. The van der Waals surface area contributed by atoms with Crippen LogP contribution in [0.1, 0.15) is 64.0 Å². The third kappa shape index (κ3) is 17.1. The van der Waals surface area contributed by atoms with Gasteiger partial charge in [0.1, 0.15) is 17.9 Å². The van der Waals surface area contributed by atoms with Gasteiger partial charge in [-0.3, -0.25) is 9.59 Å². The van der Waals surface area contributed by atoms with Crippen molar-refractivity contribution in [2.75, 3.05) is 6.54 Å². The number of hydrogen-bond donors (Lipinski definition) is 7. The van der Waals surface area contributed by atoms with E-state index in [9.17, 15) is 33.9 Å². The predicted octanol–water partition coefficient (Wildman–Crippen LogP) is 2.11. The second-order valence-corrected chi connectivity index (χ2v) is 10.1. The highest BCUT2D eigenvalue weighted by molar-refractivity contribution is 7.59. The number of urea groups is 2. The quantitative estimate of drug-likeness (QED) is 0.135. The Bertz CT molecular complexity index is 1030. The summed E-state index contributed by atoms with van der Waals surface area (Å²) in [6.45, 7) is 6.16. The minimum absolute atomic E-state index is 0. The Morgan fingerprint density at radius 1 is 0.732 bits per heavy atom. The number of aliphatic carboxylic acids is 3. The Labute approximate surface area is 253 Å².